The zero-order valence-corrected chi connectivity index (χ0v) is 12.1. The Morgan fingerprint density at radius 1 is 1.43 bits per heavy atom. The van der Waals surface area contributed by atoms with Crippen molar-refractivity contribution in [3.05, 3.63) is 55.8 Å². The second-order valence-electron chi connectivity index (χ2n) is 4.39. The molecule has 110 valence electrons. The van der Waals surface area contributed by atoms with Crippen molar-refractivity contribution in [3.63, 3.8) is 0 Å². The van der Waals surface area contributed by atoms with Crippen molar-refractivity contribution in [1.29, 1.82) is 0 Å². The Morgan fingerprint density at radius 2 is 2.19 bits per heavy atom. The van der Waals surface area contributed by atoms with Crippen LogP contribution < -0.4 is 16.6 Å². The van der Waals surface area contributed by atoms with E-state index in [1.54, 1.807) is 11.3 Å². The maximum atomic E-state index is 12.2. The lowest BCUT2D eigenvalue weighted by atomic mass is 10.1. The summed E-state index contributed by atoms with van der Waals surface area (Å²) in [6, 6.07) is 3.89. The lowest BCUT2D eigenvalue weighted by Gasteiger charge is -2.09. The Labute approximate surface area is 124 Å². The van der Waals surface area contributed by atoms with E-state index in [0.29, 0.717) is 12.2 Å². The number of benzene rings is 1. The van der Waals surface area contributed by atoms with Crippen molar-refractivity contribution in [2.75, 3.05) is 5.43 Å². The zero-order valence-electron chi connectivity index (χ0n) is 11.3. The summed E-state index contributed by atoms with van der Waals surface area (Å²) in [5.41, 5.74) is 4.79. The van der Waals surface area contributed by atoms with Crippen LogP contribution in [0.4, 0.5) is 11.4 Å². The maximum absolute atomic E-state index is 12.2. The number of carbonyl (C=O) groups excluding carboxylic acids is 1. The highest BCUT2D eigenvalue weighted by Gasteiger charge is 2.16. The van der Waals surface area contributed by atoms with Gasteiger partial charge in [-0.15, -0.1) is 0 Å². The van der Waals surface area contributed by atoms with E-state index >= 15 is 0 Å². The second kappa shape index (κ2) is 6.33. The van der Waals surface area contributed by atoms with Gasteiger partial charge in [0.1, 0.15) is 0 Å². The highest BCUT2D eigenvalue weighted by Crippen LogP contribution is 2.21. The molecule has 0 unspecified atom stereocenters. The Balaban J connectivity index is 2.19. The van der Waals surface area contributed by atoms with Gasteiger partial charge < -0.3 is 10.7 Å². The van der Waals surface area contributed by atoms with Gasteiger partial charge in [0, 0.05) is 18.7 Å². The Kier molecular flexibility index (Phi) is 4.51. The number of amides is 1. The Hall–Kier alpha value is -2.45. The lowest BCUT2D eigenvalue weighted by molar-refractivity contribution is -0.384. The number of carbonyl (C=O) groups is 1. The molecule has 8 heteroatoms. The summed E-state index contributed by atoms with van der Waals surface area (Å²) in [7, 11) is 0. The SMILES string of the molecule is Cc1cscc1CNC(=O)c1cc([N+](=O)[O-])ccc1NN. The third-order valence-corrected chi connectivity index (χ3v) is 3.93. The van der Waals surface area contributed by atoms with Crippen molar-refractivity contribution in [1.82, 2.24) is 5.32 Å². The largest absolute Gasteiger partial charge is 0.348 e. The molecule has 21 heavy (non-hydrogen) atoms. The van der Waals surface area contributed by atoms with E-state index in [4.69, 9.17) is 5.84 Å². The van der Waals surface area contributed by atoms with Crippen LogP contribution in [0.5, 0.6) is 0 Å². The monoisotopic (exact) mass is 306 g/mol. The van der Waals surface area contributed by atoms with E-state index in [-0.39, 0.29) is 11.3 Å². The number of nitrogens with zero attached hydrogens (tertiary/aromatic N) is 1. The van der Waals surface area contributed by atoms with Crippen LogP contribution in [0.25, 0.3) is 0 Å². The molecule has 1 aromatic carbocycles. The molecule has 0 saturated carbocycles. The predicted molar refractivity (Wildman–Crippen MR) is 81.1 cm³/mol. The lowest BCUT2D eigenvalue weighted by Crippen LogP contribution is -2.25. The number of rotatable bonds is 5. The minimum absolute atomic E-state index is 0.139. The minimum atomic E-state index is -0.555. The predicted octanol–water partition coefficient (Wildman–Crippen LogP) is 2.18. The van der Waals surface area contributed by atoms with Gasteiger partial charge in [-0.05, 0) is 34.9 Å². The zero-order chi connectivity index (χ0) is 15.4. The van der Waals surface area contributed by atoms with Crippen molar-refractivity contribution in [2.45, 2.75) is 13.5 Å². The Morgan fingerprint density at radius 3 is 2.76 bits per heavy atom. The summed E-state index contributed by atoms with van der Waals surface area (Å²) in [6.45, 7) is 2.32. The molecule has 1 aromatic heterocycles. The first kappa shape index (κ1) is 14.9. The fraction of sp³-hybridized carbons (Fsp3) is 0.154. The van der Waals surface area contributed by atoms with Crippen LogP contribution >= 0.6 is 11.3 Å². The van der Waals surface area contributed by atoms with Gasteiger partial charge in [-0.25, -0.2) is 0 Å². The van der Waals surface area contributed by atoms with Crippen LogP contribution in [-0.2, 0) is 6.54 Å². The molecule has 0 spiro atoms. The third kappa shape index (κ3) is 3.36. The normalized spacial score (nSPS) is 10.2. The molecule has 2 aromatic rings. The molecule has 0 atom stereocenters. The molecule has 0 radical (unpaired) electrons. The highest BCUT2D eigenvalue weighted by molar-refractivity contribution is 7.08. The number of nitro groups is 1. The molecule has 0 aliphatic heterocycles. The summed E-state index contributed by atoms with van der Waals surface area (Å²) >= 11 is 1.55. The van der Waals surface area contributed by atoms with E-state index < -0.39 is 10.8 Å². The standard InChI is InChI=1S/C13H14N4O3S/c1-8-6-21-7-9(8)5-15-13(18)11-4-10(17(19)20)2-3-12(11)16-14/h2-4,6-7,16H,5,14H2,1H3,(H,15,18). The molecule has 1 amide bonds. The van der Waals surface area contributed by atoms with E-state index in [9.17, 15) is 14.9 Å². The maximum Gasteiger partial charge on any atom is 0.270 e. The number of thiophene rings is 1. The first-order chi connectivity index (χ1) is 10.0. The number of hydrogen-bond donors (Lipinski definition) is 3. The van der Waals surface area contributed by atoms with Gasteiger partial charge in [0.25, 0.3) is 11.6 Å². The summed E-state index contributed by atoms with van der Waals surface area (Å²) in [5, 5.41) is 17.5. The van der Waals surface area contributed by atoms with Crippen LogP contribution in [0.3, 0.4) is 0 Å². The van der Waals surface area contributed by atoms with Gasteiger partial charge in [-0.3, -0.25) is 20.8 Å². The second-order valence-corrected chi connectivity index (χ2v) is 5.14. The van der Waals surface area contributed by atoms with Gasteiger partial charge >= 0.3 is 0 Å². The molecule has 4 N–H and O–H groups in total. The molecule has 7 nitrogen and oxygen atoms in total. The molecule has 2 rings (SSSR count). The van der Waals surface area contributed by atoms with Crippen LogP contribution in [-0.4, -0.2) is 10.8 Å². The topological polar surface area (TPSA) is 110 Å². The average molecular weight is 306 g/mol. The van der Waals surface area contributed by atoms with Crippen LogP contribution in [0.1, 0.15) is 21.5 Å². The van der Waals surface area contributed by atoms with Crippen molar-refractivity contribution >= 4 is 28.6 Å². The fourth-order valence-corrected chi connectivity index (χ4v) is 2.66. The summed E-state index contributed by atoms with van der Waals surface area (Å²) in [5.74, 6) is 4.91. The molecule has 1 heterocycles. The number of hydrogen-bond acceptors (Lipinski definition) is 6. The highest BCUT2D eigenvalue weighted by atomic mass is 32.1. The number of hydrazine groups is 1. The van der Waals surface area contributed by atoms with Crippen molar-refractivity contribution in [3.8, 4) is 0 Å². The number of aryl methyl sites for hydroxylation is 1. The number of nitrogen functional groups attached to an aromatic ring is 1. The smallest absolute Gasteiger partial charge is 0.270 e. The van der Waals surface area contributed by atoms with Gasteiger partial charge in [-0.2, -0.15) is 11.3 Å². The van der Waals surface area contributed by atoms with E-state index in [0.717, 1.165) is 11.1 Å². The average Bonchev–Trinajstić information content (AvgIpc) is 2.89. The van der Waals surface area contributed by atoms with Gasteiger partial charge in [0.05, 0.1) is 16.2 Å². The fourth-order valence-electron chi connectivity index (χ4n) is 1.80. The molecular weight excluding hydrogens is 292 g/mol. The van der Waals surface area contributed by atoms with Crippen LogP contribution in [0, 0.1) is 17.0 Å². The number of nitro benzene ring substituents is 1. The van der Waals surface area contributed by atoms with E-state index in [1.807, 2.05) is 17.7 Å². The van der Waals surface area contributed by atoms with Crippen LogP contribution in [0.2, 0.25) is 0 Å². The number of non-ortho nitro benzene ring substituents is 1. The molecule has 0 aliphatic rings. The minimum Gasteiger partial charge on any atom is -0.348 e. The van der Waals surface area contributed by atoms with Gasteiger partial charge in [-0.1, -0.05) is 0 Å². The quantitative estimate of drug-likeness (QED) is 0.445. The number of nitrogens with one attached hydrogen (secondary N) is 2. The number of nitrogens with two attached hydrogens (primary N) is 1. The third-order valence-electron chi connectivity index (χ3n) is 3.02. The van der Waals surface area contributed by atoms with Gasteiger partial charge in [0.15, 0.2) is 0 Å². The first-order valence-corrected chi connectivity index (χ1v) is 7.02. The Bertz CT molecular complexity index is 684. The summed E-state index contributed by atoms with van der Waals surface area (Å²) in [6.07, 6.45) is 0. The summed E-state index contributed by atoms with van der Waals surface area (Å²) in [4.78, 5) is 22.4. The molecule has 0 saturated heterocycles. The molecule has 0 bridgehead atoms. The van der Waals surface area contributed by atoms with E-state index in [2.05, 4.69) is 10.7 Å². The molecule has 0 aliphatic carbocycles. The van der Waals surface area contributed by atoms with Gasteiger partial charge in [0.2, 0.25) is 0 Å². The van der Waals surface area contributed by atoms with Crippen molar-refractivity contribution < 1.29 is 9.72 Å². The number of anilines is 1. The van der Waals surface area contributed by atoms with Crippen LogP contribution in [0.15, 0.2) is 29.0 Å². The first-order valence-electron chi connectivity index (χ1n) is 6.08. The summed E-state index contributed by atoms with van der Waals surface area (Å²) < 4.78 is 0. The van der Waals surface area contributed by atoms with Crippen molar-refractivity contribution in [2.24, 2.45) is 5.84 Å². The van der Waals surface area contributed by atoms with E-state index in [1.165, 1.54) is 18.2 Å². The molecular formula is C13H14N4O3S. The molecule has 0 fully saturated rings.